The quantitative estimate of drug-likeness (QED) is 0.387. The number of piperidine rings is 1. The molecule has 0 aromatic heterocycles. The van der Waals surface area contributed by atoms with Crippen LogP contribution in [0.4, 0.5) is 0 Å². The Labute approximate surface area is 207 Å². The number of nitrogens with two attached hydrogens (primary N) is 1. The number of amidine groups is 1. The van der Waals surface area contributed by atoms with Crippen molar-refractivity contribution >= 4 is 11.7 Å². The molecule has 5 rings (SSSR count). The summed E-state index contributed by atoms with van der Waals surface area (Å²) in [6.07, 6.45) is 17.9. The summed E-state index contributed by atoms with van der Waals surface area (Å²) in [6.45, 7) is 5.24. The van der Waals surface area contributed by atoms with Crippen LogP contribution in [-0.4, -0.2) is 66.4 Å². The van der Waals surface area contributed by atoms with Gasteiger partial charge in [-0.15, -0.1) is 0 Å². The van der Waals surface area contributed by atoms with Crippen LogP contribution in [0.3, 0.4) is 0 Å². The van der Waals surface area contributed by atoms with E-state index in [-0.39, 0.29) is 17.9 Å². The zero-order valence-electron chi connectivity index (χ0n) is 21.4. The lowest BCUT2D eigenvalue weighted by molar-refractivity contribution is -0.126. The van der Waals surface area contributed by atoms with Gasteiger partial charge in [0, 0.05) is 31.6 Å². The molecule has 0 bridgehead atoms. The molecule has 5 fully saturated rings. The van der Waals surface area contributed by atoms with Gasteiger partial charge in [-0.2, -0.15) is 0 Å². The molecule has 1 amide bonds. The number of fused-ring (bicyclic) bond motifs is 2. The summed E-state index contributed by atoms with van der Waals surface area (Å²) in [6, 6.07) is 0.454. The lowest BCUT2D eigenvalue weighted by Gasteiger charge is -2.45. The van der Waals surface area contributed by atoms with Crippen LogP contribution in [0, 0.1) is 35.0 Å². The van der Waals surface area contributed by atoms with E-state index in [1.807, 2.05) is 0 Å². The summed E-state index contributed by atoms with van der Waals surface area (Å²) < 4.78 is 0. The molecule has 4 N–H and O–H groups in total. The van der Waals surface area contributed by atoms with E-state index in [1.165, 1.54) is 77.3 Å². The van der Waals surface area contributed by atoms with E-state index in [2.05, 4.69) is 15.1 Å². The number of carbonyl (C=O) groups is 1. The maximum absolute atomic E-state index is 13.5. The van der Waals surface area contributed by atoms with Crippen molar-refractivity contribution in [3.05, 3.63) is 0 Å². The standard InChI is InChI=1S/C28H49N5O/c29-27(30)22-12-11-21-17-26(28(34)31-13-16-32-14-4-1-5-15-32)33(25(21)18-22)19-23-9-6-8-20-7-2-3-10-24(20)23/h20-26H,1-19H2,(H3,29,30)(H,31,34). The normalized spacial score (nSPS) is 39.2. The Bertz CT molecular complexity index is 705. The molecule has 0 aromatic rings. The molecule has 2 aliphatic heterocycles. The highest BCUT2D eigenvalue weighted by atomic mass is 16.2. The largest absolute Gasteiger partial charge is 0.387 e. The molecule has 3 saturated carbocycles. The number of hydrogen-bond acceptors (Lipinski definition) is 4. The highest BCUT2D eigenvalue weighted by molar-refractivity contribution is 5.82. The molecule has 0 aromatic carbocycles. The third-order valence-corrected chi connectivity index (χ3v) is 10.4. The number of carbonyl (C=O) groups excluding carboxylic acids is 1. The number of rotatable bonds is 7. The van der Waals surface area contributed by atoms with Crippen molar-refractivity contribution in [2.24, 2.45) is 35.3 Å². The van der Waals surface area contributed by atoms with Crippen molar-refractivity contribution in [2.75, 3.05) is 32.7 Å². The molecule has 7 atom stereocenters. The van der Waals surface area contributed by atoms with Crippen molar-refractivity contribution in [1.82, 2.24) is 15.1 Å². The van der Waals surface area contributed by atoms with E-state index >= 15 is 0 Å². The van der Waals surface area contributed by atoms with Crippen LogP contribution in [0.15, 0.2) is 0 Å². The molecular weight excluding hydrogens is 422 g/mol. The van der Waals surface area contributed by atoms with Crippen molar-refractivity contribution in [1.29, 1.82) is 5.41 Å². The first-order valence-corrected chi connectivity index (χ1v) is 14.7. The maximum Gasteiger partial charge on any atom is 0.237 e. The second-order valence-corrected chi connectivity index (χ2v) is 12.3. The number of likely N-dealkylation sites (tertiary alicyclic amines) is 2. The van der Waals surface area contributed by atoms with Crippen LogP contribution >= 0.6 is 0 Å². The lowest BCUT2D eigenvalue weighted by Crippen LogP contribution is -2.52. The molecule has 2 heterocycles. The predicted octanol–water partition coefficient (Wildman–Crippen LogP) is 3.99. The first kappa shape index (κ1) is 24.5. The minimum atomic E-state index is 0.0195. The van der Waals surface area contributed by atoms with Crippen LogP contribution in [-0.2, 0) is 4.79 Å². The van der Waals surface area contributed by atoms with Gasteiger partial charge < -0.3 is 16.0 Å². The van der Waals surface area contributed by atoms with Crippen LogP contribution < -0.4 is 11.1 Å². The predicted molar refractivity (Wildman–Crippen MR) is 138 cm³/mol. The zero-order valence-corrected chi connectivity index (χ0v) is 21.4. The minimum Gasteiger partial charge on any atom is -0.387 e. The van der Waals surface area contributed by atoms with E-state index in [0.29, 0.717) is 17.8 Å². The Morgan fingerprint density at radius 2 is 1.68 bits per heavy atom. The Hall–Kier alpha value is -1.14. The van der Waals surface area contributed by atoms with E-state index in [4.69, 9.17) is 11.1 Å². The number of hydrogen-bond donors (Lipinski definition) is 3. The van der Waals surface area contributed by atoms with E-state index in [0.717, 1.165) is 63.1 Å². The molecule has 192 valence electrons. The molecule has 0 radical (unpaired) electrons. The average Bonchev–Trinajstić information content (AvgIpc) is 3.22. The van der Waals surface area contributed by atoms with Gasteiger partial charge in [-0.25, -0.2) is 0 Å². The summed E-state index contributed by atoms with van der Waals surface area (Å²) in [7, 11) is 0. The first-order chi connectivity index (χ1) is 16.6. The highest BCUT2D eigenvalue weighted by Crippen LogP contribution is 2.47. The van der Waals surface area contributed by atoms with Gasteiger partial charge in [0.15, 0.2) is 0 Å². The van der Waals surface area contributed by atoms with E-state index < -0.39 is 0 Å². The molecule has 2 saturated heterocycles. The molecule has 0 spiro atoms. The third-order valence-electron chi connectivity index (χ3n) is 10.4. The molecule has 34 heavy (non-hydrogen) atoms. The SMILES string of the molecule is N=C(N)C1CCC2CC(C(=O)NCCN3CCCCC3)N(CC3CCCC4CCCCC43)C2C1. The number of nitrogens with one attached hydrogen (secondary N) is 2. The molecule has 5 aliphatic rings. The van der Waals surface area contributed by atoms with E-state index in [9.17, 15) is 4.79 Å². The summed E-state index contributed by atoms with van der Waals surface area (Å²) in [4.78, 5) is 18.7. The summed E-state index contributed by atoms with van der Waals surface area (Å²) in [5, 5.41) is 11.4. The van der Waals surface area contributed by atoms with Crippen molar-refractivity contribution in [2.45, 2.75) is 102 Å². The molecule has 3 aliphatic carbocycles. The fourth-order valence-electron chi connectivity index (χ4n) is 8.55. The smallest absolute Gasteiger partial charge is 0.237 e. The number of amides is 1. The van der Waals surface area contributed by atoms with Gasteiger partial charge in [-0.05, 0) is 88.1 Å². The average molecular weight is 472 g/mol. The fourth-order valence-corrected chi connectivity index (χ4v) is 8.55. The van der Waals surface area contributed by atoms with Gasteiger partial charge in [0.2, 0.25) is 5.91 Å². The maximum atomic E-state index is 13.5. The van der Waals surface area contributed by atoms with Gasteiger partial charge >= 0.3 is 0 Å². The molecule has 6 heteroatoms. The lowest BCUT2D eigenvalue weighted by atomic mass is 9.65. The summed E-state index contributed by atoms with van der Waals surface area (Å²) in [5.74, 6) is 3.98. The zero-order chi connectivity index (χ0) is 23.5. The fraction of sp³-hybridized carbons (Fsp3) is 0.929. The van der Waals surface area contributed by atoms with E-state index in [1.54, 1.807) is 0 Å². The Morgan fingerprint density at radius 3 is 2.50 bits per heavy atom. The molecule has 7 unspecified atom stereocenters. The summed E-state index contributed by atoms with van der Waals surface area (Å²) >= 11 is 0. The summed E-state index contributed by atoms with van der Waals surface area (Å²) in [5.41, 5.74) is 5.98. The van der Waals surface area contributed by atoms with Crippen molar-refractivity contribution in [3.8, 4) is 0 Å². The topological polar surface area (TPSA) is 85.4 Å². The van der Waals surface area contributed by atoms with Crippen LogP contribution in [0.5, 0.6) is 0 Å². The first-order valence-electron chi connectivity index (χ1n) is 14.7. The van der Waals surface area contributed by atoms with Crippen molar-refractivity contribution in [3.63, 3.8) is 0 Å². The number of nitrogens with zero attached hydrogens (tertiary/aromatic N) is 2. The van der Waals surface area contributed by atoms with Gasteiger partial charge in [-0.1, -0.05) is 38.5 Å². The monoisotopic (exact) mass is 471 g/mol. The third kappa shape index (κ3) is 5.48. The second-order valence-electron chi connectivity index (χ2n) is 12.3. The minimum absolute atomic E-state index is 0.0195. The van der Waals surface area contributed by atoms with Crippen LogP contribution in [0.1, 0.15) is 89.9 Å². The molecule has 6 nitrogen and oxygen atoms in total. The highest BCUT2D eigenvalue weighted by Gasteiger charge is 2.48. The Morgan fingerprint density at radius 1 is 0.882 bits per heavy atom. The molecular formula is C28H49N5O. The van der Waals surface area contributed by atoms with Crippen LogP contribution in [0.25, 0.3) is 0 Å². The van der Waals surface area contributed by atoms with Gasteiger partial charge in [0.1, 0.15) is 0 Å². The van der Waals surface area contributed by atoms with Gasteiger partial charge in [-0.3, -0.25) is 15.1 Å². The van der Waals surface area contributed by atoms with Crippen LogP contribution in [0.2, 0.25) is 0 Å². The second kappa shape index (κ2) is 11.3. The Kier molecular flexibility index (Phi) is 8.15. The Balaban J connectivity index is 1.26. The van der Waals surface area contributed by atoms with Gasteiger partial charge in [0.05, 0.1) is 11.9 Å². The van der Waals surface area contributed by atoms with Gasteiger partial charge in [0.25, 0.3) is 0 Å². The van der Waals surface area contributed by atoms with Crippen molar-refractivity contribution < 1.29 is 4.79 Å².